The molecule has 0 aromatic heterocycles. The van der Waals surface area contributed by atoms with E-state index in [-0.39, 0.29) is 11.5 Å². The highest BCUT2D eigenvalue weighted by Gasteiger charge is 2.06. The molecule has 15 heavy (non-hydrogen) atoms. The molecule has 0 fully saturated rings. The van der Waals surface area contributed by atoms with Crippen molar-refractivity contribution >= 4 is 21.7 Å². The number of phenols is 1. The van der Waals surface area contributed by atoms with Gasteiger partial charge in [0.2, 0.25) is 0 Å². The summed E-state index contributed by atoms with van der Waals surface area (Å²) in [5.74, 6) is 0.614. The second kappa shape index (κ2) is 5.75. The van der Waals surface area contributed by atoms with Crippen molar-refractivity contribution in [1.82, 2.24) is 0 Å². The molecule has 1 N–H and O–H groups in total. The molecule has 1 aromatic rings. The van der Waals surface area contributed by atoms with Gasteiger partial charge in [-0.2, -0.15) is 0 Å². The van der Waals surface area contributed by atoms with Gasteiger partial charge in [0, 0.05) is 6.42 Å². The summed E-state index contributed by atoms with van der Waals surface area (Å²) < 4.78 is 5.18. The largest absolute Gasteiger partial charge is 0.504 e. The topological polar surface area (TPSA) is 46.5 Å². The first kappa shape index (κ1) is 12.0. The third-order valence-corrected chi connectivity index (χ3v) is 2.50. The highest BCUT2D eigenvalue weighted by atomic mass is 79.9. The number of ether oxygens (including phenoxy) is 1. The van der Waals surface area contributed by atoms with E-state index >= 15 is 0 Å². The molecule has 3 nitrogen and oxygen atoms in total. The molecule has 0 saturated heterocycles. The molecule has 0 saturated carbocycles. The minimum absolute atomic E-state index is 0.0803. The van der Waals surface area contributed by atoms with Crippen molar-refractivity contribution in [2.24, 2.45) is 0 Å². The first-order valence-electron chi connectivity index (χ1n) is 4.69. The summed E-state index contributed by atoms with van der Waals surface area (Å²) in [5, 5.41) is 9.89. The van der Waals surface area contributed by atoms with Crippen molar-refractivity contribution in [2.45, 2.75) is 13.3 Å². The molecule has 0 aliphatic carbocycles. The van der Waals surface area contributed by atoms with Crippen molar-refractivity contribution in [1.29, 1.82) is 0 Å². The number of carbonyl (C=O) groups is 1. The van der Waals surface area contributed by atoms with Crippen LogP contribution in [0.1, 0.15) is 12.5 Å². The fraction of sp³-hybridized carbons (Fsp3) is 0.364. The number of aromatic hydroxyl groups is 1. The SMILES string of the molecule is CCOc1ccc(CC(=O)CBr)cc1O. The number of rotatable bonds is 5. The summed E-state index contributed by atoms with van der Waals surface area (Å²) in [4.78, 5) is 11.1. The van der Waals surface area contributed by atoms with Crippen molar-refractivity contribution in [3.05, 3.63) is 23.8 Å². The van der Waals surface area contributed by atoms with E-state index in [1.807, 2.05) is 6.92 Å². The first-order valence-corrected chi connectivity index (χ1v) is 5.82. The van der Waals surface area contributed by atoms with Crippen LogP contribution in [0.25, 0.3) is 0 Å². The standard InChI is InChI=1S/C11H13BrO3/c1-2-15-11-4-3-8(6-10(11)14)5-9(13)7-12/h3-4,6,14H,2,5,7H2,1H3. The van der Waals surface area contributed by atoms with E-state index in [0.717, 1.165) is 5.56 Å². The molecule has 1 aromatic carbocycles. The van der Waals surface area contributed by atoms with Crippen LogP contribution in [0.2, 0.25) is 0 Å². The number of hydrogen-bond donors (Lipinski definition) is 1. The lowest BCUT2D eigenvalue weighted by molar-refractivity contribution is -0.115. The second-order valence-electron chi connectivity index (χ2n) is 3.08. The fourth-order valence-corrected chi connectivity index (χ4v) is 1.42. The number of hydrogen-bond acceptors (Lipinski definition) is 3. The summed E-state index contributed by atoms with van der Waals surface area (Å²) in [6.07, 6.45) is 0.325. The Morgan fingerprint density at radius 2 is 2.27 bits per heavy atom. The maximum atomic E-state index is 11.1. The van der Waals surface area contributed by atoms with Gasteiger partial charge in [-0.1, -0.05) is 22.0 Å². The number of benzene rings is 1. The van der Waals surface area contributed by atoms with Crippen molar-refractivity contribution < 1.29 is 14.6 Å². The molecular weight excluding hydrogens is 260 g/mol. The predicted molar refractivity (Wildman–Crippen MR) is 61.8 cm³/mol. The van der Waals surface area contributed by atoms with Gasteiger partial charge in [-0.25, -0.2) is 0 Å². The molecule has 0 bridgehead atoms. The average molecular weight is 273 g/mol. The van der Waals surface area contributed by atoms with Gasteiger partial charge in [-0.3, -0.25) is 4.79 Å². The van der Waals surface area contributed by atoms with E-state index in [1.165, 1.54) is 0 Å². The van der Waals surface area contributed by atoms with Gasteiger partial charge in [0.05, 0.1) is 11.9 Å². The highest BCUT2D eigenvalue weighted by Crippen LogP contribution is 2.26. The zero-order chi connectivity index (χ0) is 11.3. The van der Waals surface area contributed by atoms with Gasteiger partial charge >= 0.3 is 0 Å². The van der Waals surface area contributed by atoms with Gasteiger partial charge in [0.15, 0.2) is 11.5 Å². The molecule has 0 spiro atoms. The number of carbonyl (C=O) groups excluding carboxylic acids is 1. The molecule has 0 aliphatic heterocycles. The number of Topliss-reactive ketones (excluding diaryl/α,β-unsaturated/α-hetero) is 1. The molecule has 0 aliphatic rings. The quantitative estimate of drug-likeness (QED) is 0.837. The van der Waals surface area contributed by atoms with Crippen molar-refractivity contribution in [2.75, 3.05) is 11.9 Å². The van der Waals surface area contributed by atoms with Crippen LogP contribution in [0.5, 0.6) is 11.5 Å². The maximum absolute atomic E-state index is 11.1. The van der Waals surface area contributed by atoms with E-state index in [4.69, 9.17) is 4.74 Å². The zero-order valence-electron chi connectivity index (χ0n) is 8.50. The molecular formula is C11H13BrO3. The Kier molecular flexibility index (Phi) is 4.62. The van der Waals surface area contributed by atoms with Gasteiger partial charge in [-0.15, -0.1) is 0 Å². The molecule has 0 atom stereocenters. The third kappa shape index (κ3) is 3.55. The minimum Gasteiger partial charge on any atom is -0.504 e. The predicted octanol–water partition coefficient (Wildman–Crippen LogP) is 2.30. The van der Waals surface area contributed by atoms with E-state index in [9.17, 15) is 9.90 Å². The van der Waals surface area contributed by atoms with E-state index in [2.05, 4.69) is 15.9 Å². The van der Waals surface area contributed by atoms with E-state index in [1.54, 1.807) is 18.2 Å². The third-order valence-electron chi connectivity index (χ3n) is 1.87. The van der Waals surface area contributed by atoms with Gasteiger partial charge in [0.1, 0.15) is 5.78 Å². The Bertz CT molecular complexity index is 350. The molecule has 0 heterocycles. The molecule has 0 amide bonds. The molecule has 0 unspecified atom stereocenters. The Balaban J connectivity index is 2.77. The van der Waals surface area contributed by atoms with Crippen molar-refractivity contribution in [3.8, 4) is 11.5 Å². The van der Waals surface area contributed by atoms with Crippen LogP contribution < -0.4 is 4.74 Å². The van der Waals surface area contributed by atoms with Crippen molar-refractivity contribution in [3.63, 3.8) is 0 Å². The monoisotopic (exact) mass is 272 g/mol. The Morgan fingerprint density at radius 1 is 1.53 bits per heavy atom. The van der Waals surface area contributed by atoms with Crippen LogP contribution in [0.15, 0.2) is 18.2 Å². The lowest BCUT2D eigenvalue weighted by atomic mass is 10.1. The fourth-order valence-electron chi connectivity index (χ4n) is 1.23. The Morgan fingerprint density at radius 3 is 2.80 bits per heavy atom. The Labute approximate surface area is 97.2 Å². The number of halogens is 1. The van der Waals surface area contributed by atoms with Gasteiger partial charge in [-0.05, 0) is 24.6 Å². The Hall–Kier alpha value is -1.03. The minimum atomic E-state index is 0.0803. The zero-order valence-corrected chi connectivity index (χ0v) is 10.1. The maximum Gasteiger partial charge on any atom is 0.160 e. The van der Waals surface area contributed by atoms with E-state index in [0.29, 0.717) is 24.1 Å². The smallest absolute Gasteiger partial charge is 0.160 e. The van der Waals surface area contributed by atoms with Gasteiger partial charge in [0.25, 0.3) is 0 Å². The summed E-state index contributed by atoms with van der Waals surface area (Å²) in [7, 11) is 0. The van der Waals surface area contributed by atoms with Crippen LogP contribution in [0, 0.1) is 0 Å². The summed E-state index contributed by atoms with van der Waals surface area (Å²) in [5.41, 5.74) is 0.792. The lowest BCUT2D eigenvalue weighted by Gasteiger charge is -2.07. The molecule has 0 radical (unpaired) electrons. The van der Waals surface area contributed by atoms with Gasteiger partial charge < -0.3 is 9.84 Å². The summed E-state index contributed by atoms with van der Waals surface area (Å²) in [6, 6.07) is 5.02. The molecule has 1 rings (SSSR count). The van der Waals surface area contributed by atoms with Crippen LogP contribution in [0.3, 0.4) is 0 Å². The van der Waals surface area contributed by atoms with Crippen LogP contribution in [-0.2, 0) is 11.2 Å². The molecule has 82 valence electrons. The van der Waals surface area contributed by atoms with Crippen LogP contribution in [-0.4, -0.2) is 22.8 Å². The first-order chi connectivity index (χ1) is 7.17. The van der Waals surface area contributed by atoms with Crippen LogP contribution in [0.4, 0.5) is 0 Å². The number of phenolic OH excluding ortho intramolecular Hbond substituents is 1. The lowest BCUT2D eigenvalue weighted by Crippen LogP contribution is -2.03. The second-order valence-corrected chi connectivity index (χ2v) is 3.64. The number of alkyl halides is 1. The van der Waals surface area contributed by atoms with Crippen LogP contribution >= 0.6 is 15.9 Å². The summed E-state index contributed by atoms with van der Waals surface area (Å²) in [6.45, 7) is 2.36. The normalized spacial score (nSPS) is 10.0. The highest BCUT2D eigenvalue weighted by molar-refractivity contribution is 9.09. The average Bonchev–Trinajstić information content (AvgIpc) is 2.22. The van der Waals surface area contributed by atoms with E-state index < -0.39 is 0 Å². The summed E-state index contributed by atoms with van der Waals surface area (Å²) >= 11 is 3.09. The molecule has 4 heteroatoms. The number of ketones is 1.